The van der Waals surface area contributed by atoms with Crippen LogP contribution < -0.4 is 4.74 Å². The van der Waals surface area contributed by atoms with E-state index in [9.17, 15) is 14.4 Å². The summed E-state index contributed by atoms with van der Waals surface area (Å²) in [7, 11) is 2.83. The van der Waals surface area contributed by atoms with E-state index >= 15 is 0 Å². The highest BCUT2D eigenvalue weighted by Gasteiger charge is 2.30. The van der Waals surface area contributed by atoms with Crippen molar-refractivity contribution < 1.29 is 33.3 Å². The molecule has 0 saturated carbocycles. The van der Waals surface area contributed by atoms with Gasteiger partial charge in [0.15, 0.2) is 11.9 Å². The molecule has 0 amide bonds. The first-order valence-corrected chi connectivity index (χ1v) is 9.68. The van der Waals surface area contributed by atoms with Gasteiger partial charge in [-0.2, -0.15) is 0 Å². The lowest BCUT2D eigenvalue weighted by Gasteiger charge is -2.22. The van der Waals surface area contributed by atoms with E-state index in [1.54, 1.807) is 27.9 Å². The number of ketones is 1. The van der Waals surface area contributed by atoms with Crippen molar-refractivity contribution in [2.24, 2.45) is 5.41 Å². The monoisotopic (exact) mass is 408 g/mol. The molecule has 0 N–H and O–H groups in total. The van der Waals surface area contributed by atoms with Crippen molar-refractivity contribution in [3.8, 4) is 5.75 Å². The number of hydrogen-bond acceptors (Lipinski definition) is 7. The van der Waals surface area contributed by atoms with E-state index in [0.29, 0.717) is 32.5 Å². The highest BCUT2D eigenvalue weighted by Crippen LogP contribution is 2.19. The predicted molar refractivity (Wildman–Crippen MR) is 107 cm³/mol. The van der Waals surface area contributed by atoms with Crippen LogP contribution >= 0.6 is 0 Å². The number of ether oxygens (including phenoxy) is 4. The number of rotatable bonds is 12. The normalized spacial score (nSPS) is 12.2. The van der Waals surface area contributed by atoms with Gasteiger partial charge in [0.2, 0.25) is 0 Å². The number of esters is 2. The first-order valence-electron chi connectivity index (χ1n) is 9.68. The summed E-state index contributed by atoms with van der Waals surface area (Å²) in [5.41, 5.74) is 0.307. The first-order chi connectivity index (χ1) is 13.7. The maximum Gasteiger partial charge on any atom is 0.313 e. The summed E-state index contributed by atoms with van der Waals surface area (Å²) in [6.45, 7) is 6.13. The molecule has 29 heavy (non-hydrogen) atoms. The Morgan fingerprint density at radius 1 is 1.00 bits per heavy atom. The Balaban J connectivity index is 2.44. The molecule has 0 saturated heterocycles. The summed E-state index contributed by atoms with van der Waals surface area (Å²) >= 11 is 0. The van der Waals surface area contributed by atoms with E-state index in [2.05, 4.69) is 4.74 Å². The molecule has 7 nitrogen and oxygen atoms in total. The van der Waals surface area contributed by atoms with E-state index < -0.39 is 35.7 Å². The Labute approximate surface area is 172 Å². The molecule has 0 bridgehead atoms. The van der Waals surface area contributed by atoms with Crippen molar-refractivity contribution in [2.45, 2.75) is 59.2 Å². The third kappa shape index (κ3) is 9.56. The summed E-state index contributed by atoms with van der Waals surface area (Å²) in [6.07, 6.45) is 0.293. The smallest absolute Gasteiger partial charge is 0.313 e. The second kappa shape index (κ2) is 12.2. The van der Waals surface area contributed by atoms with E-state index in [0.717, 1.165) is 11.3 Å². The second-order valence-corrected chi connectivity index (χ2v) is 7.76. The van der Waals surface area contributed by atoms with Gasteiger partial charge in [0.1, 0.15) is 12.2 Å². The third-order valence-electron chi connectivity index (χ3n) is 4.20. The number of hydrogen-bond donors (Lipinski definition) is 0. The Kier molecular flexibility index (Phi) is 10.4. The standard InChI is InChI=1S/C22H32O7/c1-22(2,3)21(25)29-19(18(23)14-20(24)27-5)8-6-7-13-28-15-16-9-11-17(26-4)12-10-16/h9-12,19H,6-8,13-15H2,1-5H3. The van der Waals surface area contributed by atoms with Crippen molar-refractivity contribution in [3.05, 3.63) is 29.8 Å². The van der Waals surface area contributed by atoms with Gasteiger partial charge in [0.05, 0.1) is 26.2 Å². The average Bonchev–Trinajstić information content (AvgIpc) is 2.68. The molecule has 0 aliphatic rings. The van der Waals surface area contributed by atoms with Crippen LogP contribution in [-0.2, 0) is 35.2 Å². The van der Waals surface area contributed by atoms with Crippen LogP contribution in [0.4, 0.5) is 0 Å². The van der Waals surface area contributed by atoms with E-state index in [1.165, 1.54) is 7.11 Å². The molecule has 1 rings (SSSR count). The molecule has 0 aliphatic carbocycles. The zero-order valence-corrected chi connectivity index (χ0v) is 18.0. The fourth-order valence-electron chi connectivity index (χ4n) is 2.37. The van der Waals surface area contributed by atoms with E-state index in [4.69, 9.17) is 14.2 Å². The summed E-state index contributed by atoms with van der Waals surface area (Å²) in [6, 6.07) is 7.62. The number of unbranched alkanes of at least 4 members (excludes halogenated alkanes) is 1. The molecular formula is C22H32O7. The molecule has 7 heteroatoms. The lowest BCUT2D eigenvalue weighted by molar-refractivity contribution is -0.164. The average molecular weight is 408 g/mol. The number of Topliss-reactive ketones (excluding diaryl/α,β-unsaturated/α-hetero) is 1. The largest absolute Gasteiger partial charge is 0.497 e. The number of methoxy groups -OCH3 is 2. The van der Waals surface area contributed by atoms with Gasteiger partial charge in [-0.05, 0) is 57.7 Å². The molecule has 1 aromatic carbocycles. The van der Waals surface area contributed by atoms with Crippen molar-refractivity contribution in [3.63, 3.8) is 0 Å². The van der Waals surface area contributed by atoms with Gasteiger partial charge in [-0.25, -0.2) is 0 Å². The molecule has 0 radical (unpaired) electrons. The number of benzene rings is 1. The molecular weight excluding hydrogens is 376 g/mol. The van der Waals surface area contributed by atoms with Crippen molar-refractivity contribution >= 4 is 17.7 Å². The van der Waals surface area contributed by atoms with Crippen molar-refractivity contribution in [1.29, 1.82) is 0 Å². The summed E-state index contributed by atoms with van der Waals surface area (Å²) in [5.74, 6) is -0.777. The van der Waals surface area contributed by atoms with Crippen LogP contribution in [0.25, 0.3) is 0 Å². The zero-order chi connectivity index (χ0) is 21.9. The fraction of sp³-hybridized carbons (Fsp3) is 0.591. The van der Waals surface area contributed by atoms with Gasteiger partial charge in [-0.1, -0.05) is 12.1 Å². The zero-order valence-electron chi connectivity index (χ0n) is 18.0. The van der Waals surface area contributed by atoms with Crippen molar-refractivity contribution in [1.82, 2.24) is 0 Å². The Bertz CT molecular complexity index is 659. The molecule has 0 spiro atoms. The summed E-state index contributed by atoms with van der Waals surface area (Å²) in [4.78, 5) is 35.8. The lowest BCUT2D eigenvalue weighted by Crippen LogP contribution is -2.34. The van der Waals surface area contributed by atoms with Crippen LogP contribution in [-0.4, -0.2) is 44.7 Å². The van der Waals surface area contributed by atoms with Crippen LogP contribution in [0, 0.1) is 5.41 Å². The number of carbonyl (C=O) groups is 3. The molecule has 0 aromatic heterocycles. The first kappa shape index (κ1) is 24.6. The van der Waals surface area contributed by atoms with Crippen LogP contribution in [0.3, 0.4) is 0 Å². The van der Waals surface area contributed by atoms with Crippen LogP contribution in [0.1, 0.15) is 52.0 Å². The van der Waals surface area contributed by atoms with Gasteiger partial charge in [-0.15, -0.1) is 0 Å². The fourth-order valence-corrected chi connectivity index (χ4v) is 2.37. The Morgan fingerprint density at radius 2 is 1.66 bits per heavy atom. The minimum atomic E-state index is -0.956. The highest BCUT2D eigenvalue weighted by molar-refractivity contribution is 5.98. The highest BCUT2D eigenvalue weighted by atomic mass is 16.6. The summed E-state index contributed by atoms with van der Waals surface area (Å²) < 4.78 is 20.7. The van der Waals surface area contributed by atoms with E-state index in [1.807, 2.05) is 24.3 Å². The predicted octanol–water partition coefficient (Wildman–Crippen LogP) is 3.47. The second-order valence-electron chi connectivity index (χ2n) is 7.76. The maximum absolute atomic E-state index is 12.3. The summed E-state index contributed by atoms with van der Waals surface area (Å²) in [5, 5.41) is 0. The van der Waals surface area contributed by atoms with Crippen LogP contribution in [0.5, 0.6) is 5.75 Å². The molecule has 1 unspecified atom stereocenters. The molecule has 1 atom stereocenters. The molecule has 1 aromatic rings. The van der Waals surface area contributed by atoms with Crippen LogP contribution in [0.2, 0.25) is 0 Å². The van der Waals surface area contributed by atoms with Crippen molar-refractivity contribution in [2.75, 3.05) is 20.8 Å². The lowest BCUT2D eigenvalue weighted by atomic mass is 9.97. The van der Waals surface area contributed by atoms with E-state index in [-0.39, 0.29) is 0 Å². The Morgan fingerprint density at radius 3 is 2.21 bits per heavy atom. The van der Waals surface area contributed by atoms with Gasteiger partial charge in [-0.3, -0.25) is 14.4 Å². The minimum absolute atomic E-state index is 0.337. The van der Waals surface area contributed by atoms with Gasteiger partial charge < -0.3 is 18.9 Å². The minimum Gasteiger partial charge on any atom is -0.497 e. The molecule has 0 aliphatic heterocycles. The van der Waals surface area contributed by atoms with Gasteiger partial charge >= 0.3 is 11.9 Å². The third-order valence-corrected chi connectivity index (χ3v) is 4.20. The molecule has 0 fully saturated rings. The topological polar surface area (TPSA) is 88.1 Å². The Hall–Kier alpha value is -2.41. The molecule has 162 valence electrons. The maximum atomic E-state index is 12.3. The number of carbonyl (C=O) groups excluding carboxylic acids is 3. The molecule has 0 heterocycles. The SMILES string of the molecule is COC(=O)CC(=O)C(CCCCOCc1ccc(OC)cc1)OC(=O)C(C)(C)C. The van der Waals surface area contributed by atoms with Gasteiger partial charge in [0.25, 0.3) is 0 Å². The van der Waals surface area contributed by atoms with Crippen LogP contribution in [0.15, 0.2) is 24.3 Å². The quantitative estimate of drug-likeness (QED) is 0.297. The van der Waals surface area contributed by atoms with Gasteiger partial charge in [0, 0.05) is 6.61 Å².